The maximum atomic E-state index is 6.24. The third-order valence-electron chi connectivity index (χ3n) is 9.76. The molecular formula is C30H45NO3. The van der Waals surface area contributed by atoms with E-state index in [1.54, 1.807) is 0 Å². The summed E-state index contributed by atoms with van der Waals surface area (Å²) in [7, 11) is 0. The van der Waals surface area contributed by atoms with E-state index in [1.165, 1.54) is 89.4 Å². The number of nitrogens with zero attached hydrogens (tertiary/aromatic N) is 1. The molecule has 188 valence electrons. The van der Waals surface area contributed by atoms with Crippen LogP contribution in [0.15, 0.2) is 24.3 Å². The Morgan fingerprint density at radius 1 is 0.735 bits per heavy atom. The Balaban J connectivity index is 0.939. The molecule has 0 radical (unpaired) electrons. The third-order valence-corrected chi connectivity index (χ3v) is 9.76. The van der Waals surface area contributed by atoms with Crippen LogP contribution in [0.1, 0.15) is 95.0 Å². The molecule has 6 aliphatic rings. The first kappa shape index (κ1) is 23.3. The van der Waals surface area contributed by atoms with Crippen molar-refractivity contribution >= 4 is 0 Å². The SMILES string of the molecule is c1cc([C@@H]2CCC[C@@H](OOC3C4CC5CC(C4)CC3C5)C2)ccc1OCCCN1CCCCC1. The van der Waals surface area contributed by atoms with Crippen molar-refractivity contribution in [2.75, 3.05) is 26.2 Å². The van der Waals surface area contributed by atoms with E-state index in [1.807, 2.05) is 0 Å². The number of rotatable bonds is 9. The van der Waals surface area contributed by atoms with Crippen LogP contribution < -0.4 is 4.74 Å². The Morgan fingerprint density at radius 2 is 1.47 bits per heavy atom. The van der Waals surface area contributed by atoms with Crippen LogP contribution in [-0.4, -0.2) is 43.3 Å². The zero-order valence-electron chi connectivity index (χ0n) is 21.0. The maximum Gasteiger partial charge on any atom is 0.119 e. The zero-order valence-corrected chi connectivity index (χ0v) is 21.0. The summed E-state index contributed by atoms with van der Waals surface area (Å²) in [6.07, 6.45) is 17.6. The molecule has 5 saturated carbocycles. The van der Waals surface area contributed by atoms with Crippen LogP contribution >= 0.6 is 0 Å². The van der Waals surface area contributed by atoms with E-state index in [0.717, 1.165) is 55.3 Å². The van der Waals surface area contributed by atoms with Crippen molar-refractivity contribution in [3.8, 4) is 5.75 Å². The minimum atomic E-state index is 0.252. The minimum Gasteiger partial charge on any atom is -0.494 e. The van der Waals surface area contributed by atoms with Gasteiger partial charge >= 0.3 is 0 Å². The predicted molar refractivity (Wildman–Crippen MR) is 135 cm³/mol. The van der Waals surface area contributed by atoms with Crippen molar-refractivity contribution in [1.29, 1.82) is 0 Å². The second-order valence-corrected chi connectivity index (χ2v) is 12.2. The number of hydrogen-bond acceptors (Lipinski definition) is 4. The van der Waals surface area contributed by atoms with Gasteiger partial charge in [0.05, 0.1) is 18.8 Å². The molecule has 1 aromatic carbocycles. The second-order valence-electron chi connectivity index (χ2n) is 12.2. The topological polar surface area (TPSA) is 30.9 Å². The van der Waals surface area contributed by atoms with Crippen molar-refractivity contribution in [1.82, 2.24) is 4.90 Å². The van der Waals surface area contributed by atoms with Gasteiger partial charge < -0.3 is 9.64 Å². The first-order valence-corrected chi connectivity index (χ1v) is 14.6. The summed E-state index contributed by atoms with van der Waals surface area (Å²) in [6.45, 7) is 4.54. The van der Waals surface area contributed by atoms with Crippen LogP contribution in [0.3, 0.4) is 0 Å². The Kier molecular flexibility index (Phi) is 7.46. The van der Waals surface area contributed by atoms with Gasteiger partial charge in [0.25, 0.3) is 0 Å². The molecule has 4 heteroatoms. The number of benzene rings is 1. The molecule has 34 heavy (non-hydrogen) atoms. The second kappa shape index (κ2) is 10.9. The summed E-state index contributed by atoms with van der Waals surface area (Å²) in [5.74, 6) is 5.10. The van der Waals surface area contributed by atoms with Crippen molar-refractivity contribution in [2.45, 2.75) is 102 Å². The average Bonchev–Trinajstić information content (AvgIpc) is 2.87. The number of likely N-dealkylation sites (tertiary alicyclic amines) is 1. The molecule has 6 fully saturated rings. The highest BCUT2D eigenvalue weighted by Gasteiger charge is 2.49. The van der Waals surface area contributed by atoms with Crippen LogP contribution in [0.5, 0.6) is 5.75 Å². The average molecular weight is 468 g/mol. The molecule has 1 aromatic rings. The van der Waals surface area contributed by atoms with Gasteiger partial charge in [-0.05, 0) is 131 Å². The lowest BCUT2D eigenvalue weighted by atomic mass is 9.55. The van der Waals surface area contributed by atoms with Gasteiger partial charge in [-0.2, -0.15) is 0 Å². The van der Waals surface area contributed by atoms with E-state index < -0.39 is 0 Å². The highest BCUT2D eigenvalue weighted by Crippen LogP contribution is 2.54. The first-order valence-electron chi connectivity index (χ1n) is 14.6. The van der Waals surface area contributed by atoms with Crippen molar-refractivity contribution in [3.63, 3.8) is 0 Å². The molecule has 0 N–H and O–H groups in total. The van der Waals surface area contributed by atoms with Gasteiger partial charge in [-0.3, -0.25) is 0 Å². The Hall–Kier alpha value is -1.10. The van der Waals surface area contributed by atoms with Gasteiger partial charge in [-0.15, -0.1) is 0 Å². The van der Waals surface area contributed by atoms with Gasteiger partial charge in [-0.25, -0.2) is 9.78 Å². The van der Waals surface area contributed by atoms with Crippen LogP contribution in [0, 0.1) is 23.7 Å². The molecule has 7 rings (SSSR count). The lowest BCUT2D eigenvalue weighted by Gasteiger charge is -2.53. The lowest BCUT2D eigenvalue weighted by Crippen LogP contribution is -2.49. The summed E-state index contributed by atoms with van der Waals surface area (Å²) in [5, 5.41) is 0. The number of hydrogen-bond donors (Lipinski definition) is 0. The fraction of sp³-hybridized carbons (Fsp3) is 0.800. The van der Waals surface area contributed by atoms with E-state index in [4.69, 9.17) is 14.5 Å². The number of piperidine rings is 1. The van der Waals surface area contributed by atoms with Crippen molar-refractivity contribution in [2.24, 2.45) is 23.7 Å². The van der Waals surface area contributed by atoms with E-state index >= 15 is 0 Å². The van der Waals surface area contributed by atoms with Crippen LogP contribution in [0.4, 0.5) is 0 Å². The Bertz CT molecular complexity index is 746. The lowest BCUT2D eigenvalue weighted by molar-refractivity contribution is -0.384. The van der Waals surface area contributed by atoms with Crippen molar-refractivity contribution in [3.05, 3.63) is 29.8 Å². The Labute approximate surface area is 206 Å². The molecule has 1 heterocycles. The molecule has 4 bridgehead atoms. The van der Waals surface area contributed by atoms with Gasteiger partial charge in [0.1, 0.15) is 5.75 Å². The van der Waals surface area contributed by atoms with E-state index in [0.29, 0.717) is 12.0 Å². The van der Waals surface area contributed by atoms with Gasteiger partial charge in [-0.1, -0.05) is 25.0 Å². The number of ether oxygens (including phenoxy) is 1. The fourth-order valence-electron chi connectivity index (χ4n) is 8.21. The largest absolute Gasteiger partial charge is 0.494 e. The van der Waals surface area contributed by atoms with E-state index in [9.17, 15) is 0 Å². The highest BCUT2D eigenvalue weighted by molar-refractivity contribution is 5.29. The first-order chi connectivity index (χ1) is 16.8. The maximum absolute atomic E-state index is 6.24. The quantitative estimate of drug-likeness (QED) is 0.229. The third kappa shape index (κ3) is 5.50. The summed E-state index contributed by atoms with van der Waals surface area (Å²) >= 11 is 0. The fourth-order valence-corrected chi connectivity index (χ4v) is 8.21. The molecule has 1 saturated heterocycles. The summed E-state index contributed by atoms with van der Waals surface area (Å²) in [5.41, 5.74) is 1.43. The molecule has 0 aromatic heterocycles. The molecule has 4 nitrogen and oxygen atoms in total. The normalized spacial score (nSPS) is 37.7. The molecular weight excluding hydrogens is 422 g/mol. The molecule has 1 aliphatic heterocycles. The van der Waals surface area contributed by atoms with E-state index in [-0.39, 0.29) is 6.10 Å². The molecule has 0 unspecified atom stereocenters. The molecule has 0 amide bonds. The molecule has 2 atom stereocenters. The summed E-state index contributed by atoms with van der Waals surface area (Å²) < 4.78 is 6.04. The van der Waals surface area contributed by atoms with Crippen LogP contribution in [0.25, 0.3) is 0 Å². The predicted octanol–water partition coefficient (Wildman–Crippen LogP) is 6.74. The Morgan fingerprint density at radius 3 is 2.21 bits per heavy atom. The smallest absolute Gasteiger partial charge is 0.119 e. The van der Waals surface area contributed by atoms with Crippen molar-refractivity contribution < 1.29 is 14.5 Å². The summed E-state index contributed by atoms with van der Waals surface area (Å²) in [4.78, 5) is 15.0. The standard InChI is InChI=1S/C30H45NO3/c1-2-12-31(13-3-1)14-5-15-32-28-10-8-24(9-11-28)25-6-4-7-29(21-25)33-34-30-26-17-22-16-23(19-26)20-27(30)18-22/h8-11,22-23,25-27,29-30H,1-7,12-21H2/t22?,23?,25-,26?,27?,29-,30?/m1/s1. The van der Waals surface area contributed by atoms with Crippen LogP contribution in [0.2, 0.25) is 0 Å². The van der Waals surface area contributed by atoms with Crippen LogP contribution in [-0.2, 0) is 9.78 Å². The highest BCUT2D eigenvalue weighted by atomic mass is 17.2. The monoisotopic (exact) mass is 467 g/mol. The van der Waals surface area contributed by atoms with E-state index in [2.05, 4.69) is 29.2 Å². The zero-order chi connectivity index (χ0) is 22.7. The van der Waals surface area contributed by atoms with Gasteiger partial charge in [0, 0.05) is 6.54 Å². The summed E-state index contributed by atoms with van der Waals surface area (Å²) in [6, 6.07) is 8.91. The van der Waals surface area contributed by atoms with Gasteiger partial charge in [0.15, 0.2) is 0 Å². The van der Waals surface area contributed by atoms with Gasteiger partial charge in [0.2, 0.25) is 0 Å². The molecule has 0 spiro atoms. The molecule has 5 aliphatic carbocycles. The minimum absolute atomic E-state index is 0.252.